The van der Waals surface area contributed by atoms with E-state index in [9.17, 15) is 0 Å². The molecular weight excluding hydrogens is 960 g/mol. The van der Waals surface area contributed by atoms with Gasteiger partial charge in [-0.15, -0.1) is 0 Å². The maximum absolute atomic E-state index is 7.22. The number of anilines is 6. The number of hydrogen-bond acceptors (Lipinski definition) is 4. The van der Waals surface area contributed by atoms with E-state index < -0.39 is 0 Å². The van der Waals surface area contributed by atoms with Crippen LogP contribution in [0.25, 0.3) is 66.1 Å². The second-order valence-electron chi connectivity index (χ2n) is 20.3. The number of rotatable bonds is 10. The number of benzene rings is 13. The smallest absolute Gasteiger partial charge is 0.262 e. The van der Waals surface area contributed by atoms with Crippen LogP contribution in [-0.2, 0) is 0 Å². The number of hydrogen-bond donors (Lipinski definition) is 0. The molecular formula is C74H49BN2O2. The van der Waals surface area contributed by atoms with E-state index in [0.717, 1.165) is 117 Å². The van der Waals surface area contributed by atoms with E-state index in [2.05, 4.69) is 307 Å². The Kier molecular flexibility index (Phi) is 11.3. The van der Waals surface area contributed by atoms with Gasteiger partial charge >= 0.3 is 0 Å². The molecule has 0 unspecified atom stereocenters. The molecule has 79 heavy (non-hydrogen) atoms. The van der Waals surface area contributed by atoms with Gasteiger partial charge in [-0.3, -0.25) is 0 Å². The summed E-state index contributed by atoms with van der Waals surface area (Å²) in [7, 11) is 0. The van der Waals surface area contributed by atoms with Gasteiger partial charge in [-0.05, 0) is 127 Å². The molecule has 0 saturated heterocycles. The minimum atomic E-state index is -0.218. The molecule has 0 N–H and O–H groups in total. The molecule has 0 atom stereocenters. The van der Waals surface area contributed by atoms with Gasteiger partial charge in [-0.2, -0.15) is 0 Å². The highest BCUT2D eigenvalue weighted by molar-refractivity contribution is 7.01. The zero-order chi connectivity index (χ0) is 52.2. The molecule has 0 fully saturated rings. The molecule has 0 aliphatic carbocycles. The van der Waals surface area contributed by atoms with Crippen LogP contribution in [0.2, 0.25) is 0 Å². The topological polar surface area (TPSA) is 24.9 Å². The average Bonchev–Trinajstić information content (AvgIpc) is 3.70. The third-order valence-electron chi connectivity index (χ3n) is 15.8. The summed E-state index contributed by atoms with van der Waals surface area (Å²) >= 11 is 0. The van der Waals surface area contributed by atoms with Crippen molar-refractivity contribution in [3.63, 3.8) is 0 Å². The van der Waals surface area contributed by atoms with Crippen molar-refractivity contribution in [2.45, 2.75) is 0 Å². The van der Waals surface area contributed by atoms with Crippen LogP contribution in [0.15, 0.2) is 297 Å². The maximum atomic E-state index is 7.22. The summed E-state index contributed by atoms with van der Waals surface area (Å²) in [6, 6.07) is 107. The predicted molar refractivity (Wildman–Crippen MR) is 330 cm³/mol. The largest absolute Gasteiger partial charge is 0.458 e. The molecule has 0 spiro atoms. The zero-order valence-corrected chi connectivity index (χ0v) is 43.1. The quantitative estimate of drug-likeness (QED) is 0.127. The summed E-state index contributed by atoms with van der Waals surface area (Å²) in [6.45, 7) is -0.218. The van der Waals surface area contributed by atoms with Gasteiger partial charge in [0.05, 0.1) is 11.4 Å². The number of nitrogens with zero attached hydrogens (tertiary/aromatic N) is 2. The minimum absolute atomic E-state index is 0.218. The lowest BCUT2D eigenvalue weighted by atomic mass is 9.33. The molecule has 0 saturated carbocycles. The first-order valence-corrected chi connectivity index (χ1v) is 27.0. The fourth-order valence-corrected chi connectivity index (χ4v) is 12.1. The van der Waals surface area contributed by atoms with Crippen molar-refractivity contribution in [2.75, 3.05) is 9.80 Å². The van der Waals surface area contributed by atoms with Crippen molar-refractivity contribution in [2.24, 2.45) is 0 Å². The highest BCUT2D eigenvalue weighted by atomic mass is 16.5. The first-order valence-electron chi connectivity index (χ1n) is 27.0. The molecule has 2 aliphatic heterocycles. The lowest BCUT2D eigenvalue weighted by Crippen LogP contribution is -2.58. The summed E-state index contributed by atoms with van der Waals surface area (Å²) in [5.41, 5.74) is 18.8. The number of ether oxygens (including phenoxy) is 2. The van der Waals surface area contributed by atoms with Crippen molar-refractivity contribution >= 4 is 78.8 Å². The van der Waals surface area contributed by atoms with Crippen LogP contribution in [0.5, 0.6) is 23.0 Å². The van der Waals surface area contributed by atoms with E-state index in [4.69, 9.17) is 9.47 Å². The molecule has 370 valence electrons. The van der Waals surface area contributed by atoms with Gasteiger partial charge in [0, 0.05) is 51.1 Å². The SMILES string of the molecule is c1ccc(-c2ccc(N(c3ccc(-c4ccccc4)cc3)c3cc4c(c5ccccc35)B3c5c(cccc5Oc5cc(N(c6ccc(-c7ccccc7)cc6)c6ccc(-c7ccccc7)cc6)c6ccccc6c53)O4)cc2)cc1. The molecule has 0 bridgehead atoms. The third kappa shape index (κ3) is 8.11. The van der Waals surface area contributed by atoms with Gasteiger partial charge in [0.1, 0.15) is 23.0 Å². The fraction of sp³-hybridized carbons (Fsp3) is 0. The van der Waals surface area contributed by atoms with Gasteiger partial charge in [0.2, 0.25) is 0 Å². The lowest BCUT2D eigenvalue weighted by molar-refractivity contribution is 0.465. The summed E-state index contributed by atoms with van der Waals surface area (Å²) in [5.74, 6) is 3.21. The molecule has 0 amide bonds. The average molecular weight is 1010 g/mol. The highest BCUT2D eigenvalue weighted by Gasteiger charge is 2.43. The van der Waals surface area contributed by atoms with Crippen LogP contribution in [0, 0.1) is 0 Å². The summed E-state index contributed by atoms with van der Waals surface area (Å²) < 4.78 is 14.4. The second kappa shape index (κ2) is 19.3. The van der Waals surface area contributed by atoms with Crippen LogP contribution in [-0.4, -0.2) is 6.71 Å². The summed E-state index contributed by atoms with van der Waals surface area (Å²) in [4.78, 5) is 4.77. The molecule has 0 radical (unpaired) electrons. The van der Waals surface area contributed by atoms with E-state index in [1.807, 2.05) is 0 Å². The minimum Gasteiger partial charge on any atom is -0.458 e. The molecule has 4 nitrogen and oxygen atoms in total. The van der Waals surface area contributed by atoms with Crippen molar-refractivity contribution < 1.29 is 9.47 Å². The van der Waals surface area contributed by atoms with Crippen LogP contribution >= 0.6 is 0 Å². The van der Waals surface area contributed by atoms with Crippen molar-refractivity contribution in [3.05, 3.63) is 297 Å². The van der Waals surface area contributed by atoms with Crippen LogP contribution in [0.1, 0.15) is 0 Å². The van der Waals surface area contributed by atoms with Crippen LogP contribution in [0.4, 0.5) is 34.1 Å². The number of fused-ring (bicyclic) bond motifs is 8. The zero-order valence-electron chi connectivity index (χ0n) is 43.1. The molecule has 2 heterocycles. The van der Waals surface area contributed by atoms with E-state index in [0.29, 0.717) is 0 Å². The van der Waals surface area contributed by atoms with E-state index >= 15 is 0 Å². The Labute approximate surface area is 460 Å². The molecule has 15 rings (SSSR count). The first-order chi connectivity index (χ1) is 39.2. The molecule has 13 aromatic rings. The van der Waals surface area contributed by atoms with Gasteiger partial charge in [0.15, 0.2) is 0 Å². The monoisotopic (exact) mass is 1010 g/mol. The molecule has 0 aromatic heterocycles. The predicted octanol–water partition coefficient (Wildman–Crippen LogP) is 18.3. The van der Waals surface area contributed by atoms with E-state index in [-0.39, 0.29) is 6.71 Å². The Bertz CT molecular complexity index is 3940. The molecule has 2 aliphatic rings. The fourth-order valence-electron chi connectivity index (χ4n) is 12.1. The van der Waals surface area contributed by atoms with Crippen molar-refractivity contribution in [3.8, 4) is 67.5 Å². The molecule has 5 heteroatoms. The Balaban J connectivity index is 0.916. The standard InChI is InChI=1S/C74H49BN2O2/c1-5-18-50(19-6-1)54-32-40-58(41-33-54)76(59-42-34-55(35-43-59)51-20-7-2-8-21-51)66-48-70-72(64-28-15-13-26-62(64)66)75-73-65-29-16-14-27-63(65)67(49-71(73)79-69-31-17-30-68(78-70)74(69)75)77(60-44-36-56(37-45-60)52-22-9-3-10-23-52)61-46-38-57(39-47-61)53-24-11-4-12-25-53/h1-49H. The second-order valence-corrected chi connectivity index (χ2v) is 20.3. The van der Waals surface area contributed by atoms with E-state index in [1.54, 1.807) is 0 Å². The van der Waals surface area contributed by atoms with Gasteiger partial charge in [-0.1, -0.05) is 224 Å². The van der Waals surface area contributed by atoms with Crippen LogP contribution in [0.3, 0.4) is 0 Å². The van der Waals surface area contributed by atoms with Gasteiger partial charge < -0.3 is 19.3 Å². The Morgan fingerprint density at radius 2 is 0.481 bits per heavy atom. The first kappa shape index (κ1) is 46.0. The highest BCUT2D eigenvalue weighted by Crippen LogP contribution is 2.48. The van der Waals surface area contributed by atoms with Gasteiger partial charge in [0.25, 0.3) is 6.71 Å². The lowest BCUT2D eigenvalue weighted by Gasteiger charge is -2.37. The summed E-state index contributed by atoms with van der Waals surface area (Å²) in [5, 5.41) is 4.46. The Hall–Kier alpha value is -10.4. The van der Waals surface area contributed by atoms with Crippen LogP contribution < -0.4 is 35.7 Å². The maximum Gasteiger partial charge on any atom is 0.262 e. The third-order valence-corrected chi connectivity index (χ3v) is 15.8. The Morgan fingerprint density at radius 1 is 0.215 bits per heavy atom. The van der Waals surface area contributed by atoms with Gasteiger partial charge in [-0.25, -0.2) is 0 Å². The normalized spacial score (nSPS) is 12.0. The van der Waals surface area contributed by atoms with Crippen molar-refractivity contribution in [1.82, 2.24) is 0 Å². The van der Waals surface area contributed by atoms with E-state index in [1.165, 1.54) is 22.3 Å². The Morgan fingerprint density at radius 3 is 0.785 bits per heavy atom. The molecule has 13 aromatic carbocycles. The summed E-state index contributed by atoms with van der Waals surface area (Å²) in [6.07, 6.45) is 0. The van der Waals surface area contributed by atoms with Crippen molar-refractivity contribution in [1.29, 1.82) is 0 Å².